The average Bonchev–Trinajstić information content (AvgIpc) is 3.57. The number of amides is 2. The van der Waals surface area contributed by atoms with Gasteiger partial charge in [-0.1, -0.05) is 11.6 Å². The molecule has 0 fully saturated rings. The van der Waals surface area contributed by atoms with Crippen molar-refractivity contribution in [3.05, 3.63) is 60.9 Å². The van der Waals surface area contributed by atoms with Crippen LogP contribution in [0.3, 0.4) is 0 Å². The number of halogens is 6. The molecule has 2 amide bonds. The van der Waals surface area contributed by atoms with Crippen molar-refractivity contribution in [2.24, 2.45) is 7.05 Å². The molecule has 0 unspecified atom stereocenters. The molecule has 0 saturated heterocycles. The van der Waals surface area contributed by atoms with E-state index in [0.29, 0.717) is 4.68 Å². The summed E-state index contributed by atoms with van der Waals surface area (Å²) in [4.78, 5) is 45.3. The van der Waals surface area contributed by atoms with Gasteiger partial charge in [-0.15, -0.1) is 11.3 Å². The van der Waals surface area contributed by atoms with Crippen molar-refractivity contribution in [1.29, 1.82) is 0 Å². The van der Waals surface area contributed by atoms with Gasteiger partial charge in [0.25, 0.3) is 10.0 Å². The molecule has 0 bridgehead atoms. The maximum atomic E-state index is 14.3. The van der Waals surface area contributed by atoms with Crippen LogP contribution in [0.4, 0.5) is 28.3 Å². The number of thiophene rings is 1. The number of ether oxygens (including phenoxy) is 2. The van der Waals surface area contributed by atoms with Crippen LogP contribution in [-0.2, 0) is 28.0 Å². The Kier molecular flexibility index (Phi) is 12.3. The molecule has 15 nitrogen and oxygen atoms in total. The van der Waals surface area contributed by atoms with E-state index in [0.717, 1.165) is 36.6 Å². The highest BCUT2D eigenvalue weighted by Gasteiger charge is 2.39. The molecule has 4 rings (SSSR count). The van der Waals surface area contributed by atoms with E-state index in [9.17, 15) is 40.4 Å². The highest BCUT2D eigenvalue weighted by molar-refractivity contribution is 9.10. The quantitative estimate of drug-likeness (QED) is 0.145. The van der Waals surface area contributed by atoms with E-state index < -0.39 is 66.0 Å². The van der Waals surface area contributed by atoms with Gasteiger partial charge in [-0.25, -0.2) is 31.9 Å². The number of sulfonamides is 1. The Bertz CT molecular complexity index is 2020. The molecule has 49 heavy (non-hydrogen) atoms. The molecule has 3 N–H and O–H groups in total. The third-order valence-corrected chi connectivity index (χ3v) is 9.08. The van der Waals surface area contributed by atoms with Gasteiger partial charge in [-0.05, 0) is 60.3 Å². The van der Waals surface area contributed by atoms with Crippen LogP contribution < -0.4 is 14.8 Å². The second-order valence-electron chi connectivity index (χ2n) is 9.57. The molecule has 0 spiro atoms. The lowest BCUT2D eigenvalue weighted by Gasteiger charge is -2.11. The fourth-order valence-corrected chi connectivity index (χ4v) is 6.89. The molecule has 23 heteroatoms. The van der Waals surface area contributed by atoms with Crippen molar-refractivity contribution in [3.63, 3.8) is 0 Å². The summed E-state index contributed by atoms with van der Waals surface area (Å²) in [6.45, 7) is 4.75. The predicted octanol–water partition coefficient (Wildman–Crippen LogP) is 5.68. The third kappa shape index (κ3) is 9.61. The van der Waals surface area contributed by atoms with Crippen LogP contribution in [0, 0.1) is 12.7 Å². The molecule has 3 aromatic heterocycles. The van der Waals surface area contributed by atoms with E-state index in [1.54, 1.807) is 18.6 Å². The summed E-state index contributed by atoms with van der Waals surface area (Å²) in [7, 11) is -1.98. The largest absolute Gasteiger partial charge is 0.477 e. The fourth-order valence-electron chi connectivity index (χ4n) is 3.72. The number of aromatic carboxylic acids is 1. The Morgan fingerprint density at radius 1 is 1.16 bits per heavy atom. The third-order valence-electron chi connectivity index (χ3n) is 5.61. The van der Waals surface area contributed by atoms with Gasteiger partial charge in [0.15, 0.2) is 5.69 Å². The zero-order valence-corrected chi connectivity index (χ0v) is 29.5. The lowest BCUT2D eigenvalue weighted by Crippen LogP contribution is -2.35. The Hall–Kier alpha value is -4.41. The molecule has 0 radical (unpaired) electrons. The number of alkyl halides is 3. The minimum Gasteiger partial charge on any atom is -0.477 e. The normalized spacial score (nSPS) is 11.4. The molecule has 0 saturated carbocycles. The van der Waals surface area contributed by atoms with Crippen LogP contribution in [0.25, 0.3) is 11.3 Å². The van der Waals surface area contributed by atoms with Crippen LogP contribution in [0.2, 0.25) is 5.02 Å². The number of nitrogens with one attached hydrogen (secondary N) is 2. The highest BCUT2D eigenvalue weighted by Crippen LogP contribution is 2.41. The van der Waals surface area contributed by atoms with Gasteiger partial charge in [0.2, 0.25) is 5.95 Å². The Balaban J connectivity index is 0.000000266. The number of benzene rings is 1. The van der Waals surface area contributed by atoms with Crippen LogP contribution in [0.15, 0.2) is 32.9 Å². The van der Waals surface area contributed by atoms with E-state index in [2.05, 4.69) is 41.3 Å². The van der Waals surface area contributed by atoms with Gasteiger partial charge < -0.3 is 14.6 Å². The van der Waals surface area contributed by atoms with E-state index in [-0.39, 0.29) is 39.6 Å². The number of aryl methyl sites for hydroxylation is 2. The molecule has 0 aliphatic carbocycles. The maximum Gasteiger partial charge on any atom is 0.434 e. The zero-order chi connectivity index (χ0) is 37.0. The molecular formula is C26H23BrClF4N7O8S2. The van der Waals surface area contributed by atoms with Crippen molar-refractivity contribution in [2.45, 2.75) is 37.9 Å². The molecule has 1 aromatic carbocycles. The van der Waals surface area contributed by atoms with Crippen molar-refractivity contribution in [3.8, 4) is 17.3 Å². The standard InChI is InChI=1S/C15H12BrClF4N2O2.C11H11N5O6S2/c1-6(2)25-14(24)7-4-8(10(18)5-9(7)17)12-11(16)13(15(19,20)21)23(3)22-12;1-5-12-9(15-11(13-5)22-2)14-10(19)16-24(20,21)6-3-4-23-7(6)8(17)18/h4-6H,1-3H3;3-4H,1-2H3,(H,17,18)(H2,12,13,14,15,16,19). The lowest BCUT2D eigenvalue weighted by atomic mass is 10.1. The zero-order valence-electron chi connectivity index (χ0n) is 25.5. The summed E-state index contributed by atoms with van der Waals surface area (Å²) in [6, 6.07) is 1.72. The van der Waals surface area contributed by atoms with Gasteiger partial charge >= 0.3 is 30.2 Å². The SMILES string of the molecule is CC(C)OC(=O)c1cc(-c2nn(C)c(C(F)(F)F)c2Br)c(F)cc1Cl.COc1nc(C)nc(NC(=O)NS(=O)(=O)c2ccsc2C(=O)O)n1. The summed E-state index contributed by atoms with van der Waals surface area (Å²) in [5, 5.41) is 15.8. The number of hydrogen-bond donors (Lipinski definition) is 3. The van der Waals surface area contributed by atoms with Crippen molar-refractivity contribution in [1.82, 2.24) is 29.5 Å². The molecule has 264 valence electrons. The number of urea groups is 1. The summed E-state index contributed by atoms with van der Waals surface area (Å²) < 4.78 is 89.3. The molecule has 0 aliphatic heterocycles. The second kappa shape index (κ2) is 15.4. The number of hydrogen-bond acceptors (Lipinski definition) is 12. The molecule has 3 heterocycles. The number of aromatic nitrogens is 5. The summed E-state index contributed by atoms with van der Waals surface area (Å²) in [6.07, 6.45) is -5.14. The first-order chi connectivity index (χ1) is 22.7. The fraction of sp³-hybridized carbons (Fsp3) is 0.269. The molecule has 0 atom stereocenters. The Morgan fingerprint density at radius 3 is 2.37 bits per heavy atom. The average molecular weight is 817 g/mol. The molecule has 4 aromatic rings. The van der Waals surface area contributed by atoms with Crippen LogP contribution in [-0.4, -0.2) is 69.4 Å². The summed E-state index contributed by atoms with van der Waals surface area (Å²) in [5.41, 5.74) is -1.86. The Morgan fingerprint density at radius 2 is 1.82 bits per heavy atom. The van der Waals surface area contributed by atoms with Gasteiger partial charge in [0.1, 0.15) is 27.1 Å². The number of carboxylic acids is 1. The summed E-state index contributed by atoms with van der Waals surface area (Å²) >= 11 is 9.39. The van der Waals surface area contributed by atoms with Crippen molar-refractivity contribution < 1.29 is 54.9 Å². The number of nitrogens with zero attached hydrogens (tertiary/aromatic N) is 5. The Labute approximate surface area is 291 Å². The number of carboxylic acid groups (broad SMARTS) is 1. The number of anilines is 1. The summed E-state index contributed by atoms with van der Waals surface area (Å²) in [5.74, 6) is -3.13. The monoisotopic (exact) mass is 815 g/mol. The highest BCUT2D eigenvalue weighted by atomic mass is 79.9. The van der Waals surface area contributed by atoms with E-state index in [4.69, 9.17) is 26.2 Å². The number of rotatable bonds is 8. The second-order valence-corrected chi connectivity index (χ2v) is 13.3. The lowest BCUT2D eigenvalue weighted by molar-refractivity contribution is -0.144. The van der Waals surface area contributed by atoms with E-state index in [1.165, 1.54) is 19.4 Å². The van der Waals surface area contributed by atoms with Crippen molar-refractivity contribution >= 4 is 72.8 Å². The van der Waals surface area contributed by atoms with Crippen LogP contribution >= 0.6 is 38.9 Å². The smallest absolute Gasteiger partial charge is 0.434 e. The number of esters is 1. The van der Waals surface area contributed by atoms with E-state index in [1.807, 2.05) is 0 Å². The minimum absolute atomic E-state index is 0.0633. The maximum absolute atomic E-state index is 14.3. The van der Waals surface area contributed by atoms with Crippen molar-refractivity contribution in [2.75, 3.05) is 12.4 Å². The number of methoxy groups -OCH3 is 1. The first kappa shape index (κ1) is 39.0. The first-order valence-corrected chi connectivity index (χ1v) is 16.6. The van der Waals surface area contributed by atoms with Gasteiger partial charge in [-0.2, -0.15) is 33.2 Å². The minimum atomic E-state index is -4.69. The molecular weight excluding hydrogens is 794 g/mol. The van der Waals surface area contributed by atoms with E-state index >= 15 is 0 Å². The topological polar surface area (TPSA) is 205 Å². The predicted molar refractivity (Wildman–Crippen MR) is 169 cm³/mol. The van der Waals surface area contributed by atoms with Gasteiger partial charge in [0.05, 0.1) is 28.3 Å². The molecule has 0 aliphatic rings. The number of carbonyl (C=O) groups excluding carboxylic acids is 2. The van der Waals surface area contributed by atoms with Gasteiger partial charge in [-0.3, -0.25) is 10.00 Å². The van der Waals surface area contributed by atoms with Gasteiger partial charge in [0, 0.05) is 12.6 Å². The van der Waals surface area contributed by atoms with Crippen LogP contribution in [0.5, 0.6) is 6.01 Å². The van der Waals surface area contributed by atoms with Crippen LogP contribution in [0.1, 0.15) is 45.4 Å². The first-order valence-electron chi connectivity index (χ1n) is 13.1. The number of carbonyl (C=O) groups is 3.